The number of anilines is 2. The SMILES string of the molecule is C=CCNc1ccc(NS(=O)(=O)CCc2ccccc2)nn1. The van der Waals surface area contributed by atoms with Gasteiger partial charge in [0.2, 0.25) is 10.0 Å². The lowest BCUT2D eigenvalue weighted by Crippen LogP contribution is -2.19. The van der Waals surface area contributed by atoms with Crippen LogP contribution in [0.4, 0.5) is 11.6 Å². The van der Waals surface area contributed by atoms with Gasteiger partial charge in [-0.2, -0.15) is 0 Å². The molecule has 0 saturated heterocycles. The third kappa shape index (κ3) is 5.17. The van der Waals surface area contributed by atoms with Crippen molar-refractivity contribution in [2.24, 2.45) is 0 Å². The van der Waals surface area contributed by atoms with Gasteiger partial charge in [0.15, 0.2) is 5.82 Å². The topological polar surface area (TPSA) is 84.0 Å². The molecular weight excluding hydrogens is 300 g/mol. The molecule has 1 aromatic heterocycles. The highest BCUT2D eigenvalue weighted by molar-refractivity contribution is 7.92. The van der Waals surface area contributed by atoms with E-state index in [9.17, 15) is 8.42 Å². The van der Waals surface area contributed by atoms with Crippen LogP contribution in [0.15, 0.2) is 55.1 Å². The average molecular weight is 318 g/mol. The number of hydrogen-bond acceptors (Lipinski definition) is 5. The fourth-order valence-corrected chi connectivity index (χ4v) is 2.80. The highest BCUT2D eigenvalue weighted by Crippen LogP contribution is 2.09. The molecule has 1 heterocycles. The van der Waals surface area contributed by atoms with Crippen LogP contribution in [-0.4, -0.2) is 30.9 Å². The second-order valence-electron chi connectivity index (χ2n) is 4.63. The molecule has 2 aromatic rings. The zero-order valence-corrected chi connectivity index (χ0v) is 12.9. The Morgan fingerprint density at radius 2 is 1.73 bits per heavy atom. The van der Waals surface area contributed by atoms with Gasteiger partial charge in [0, 0.05) is 6.54 Å². The van der Waals surface area contributed by atoms with E-state index < -0.39 is 10.0 Å². The Bertz CT molecular complexity index is 700. The first-order chi connectivity index (χ1) is 10.6. The van der Waals surface area contributed by atoms with Crippen molar-refractivity contribution in [1.29, 1.82) is 0 Å². The number of aryl methyl sites for hydroxylation is 1. The van der Waals surface area contributed by atoms with Crippen molar-refractivity contribution in [2.75, 3.05) is 22.3 Å². The van der Waals surface area contributed by atoms with E-state index in [-0.39, 0.29) is 11.6 Å². The Morgan fingerprint density at radius 3 is 2.36 bits per heavy atom. The number of benzene rings is 1. The van der Waals surface area contributed by atoms with Crippen molar-refractivity contribution in [1.82, 2.24) is 10.2 Å². The average Bonchev–Trinajstić information content (AvgIpc) is 2.53. The maximum absolute atomic E-state index is 12.0. The first-order valence-electron chi connectivity index (χ1n) is 6.82. The van der Waals surface area contributed by atoms with E-state index >= 15 is 0 Å². The molecule has 0 aliphatic heterocycles. The predicted molar refractivity (Wildman–Crippen MR) is 88.3 cm³/mol. The van der Waals surface area contributed by atoms with Crippen molar-refractivity contribution >= 4 is 21.7 Å². The van der Waals surface area contributed by atoms with E-state index in [0.29, 0.717) is 18.8 Å². The molecule has 0 aliphatic rings. The molecule has 0 radical (unpaired) electrons. The van der Waals surface area contributed by atoms with Gasteiger partial charge in [-0.05, 0) is 24.1 Å². The Morgan fingerprint density at radius 1 is 1.05 bits per heavy atom. The number of sulfonamides is 1. The van der Waals surface area contributed by atoms with Crippen molar-refractivity contribution in [3.05, 3.63) is 60.7 Å². The first-order valence-corrected chi connectivity index (χ1v) is 8.47. The summed E-state index contributed by atoms with van der Waals surface area (Å²) in [6.07, 6.45) is 2.14. The molecule has 116 valence electrons. The molecule has 0 amide bonds. The summed E-state index contributed by atoms with van der Waals surface area (Å²) in [5, 5.41) is 10.7. The van der Waals surface area contributed by atoms with E-state index in [1.54, 1.807) is 18.2 Å². The van der Waals surface area contributed by atoms with Crippen LogP contribution in [0.3, 0.4) is 0 Å². The molecule has 0 atom stereocenters. The molecule has 6 nitrogen and oxygen atoms in total. The molecule has 2 rings (SSSR count). The molecule has 22 heavy (non-hydrogen) atoms. The van der Waals surface area contributed by atoms with E-state index in [4.69, 9.17) is 0 Å². The van der Waals surface area contributed by atoms with Crippen LogP contribution in [0.2, 0.25) is 0 Å². The minimum Gasteiger partial charge on any atom is -0.365 e. The summed E-state index contributed by atoms with van der Waals surface area (Å²) >= 11 is 0. The summed E-state index contributed by atoms with van der Waals surface area (Å²) in [7, 11) is -3.45. The molecule has 0 bridgehead atoms. The molecule has 0 spiro atoms. The zero-order valence-electron chi connectivity index (χ0n) is 12.1. The zero-order chi connectivity index (χ0) is 15.8. The molecule has 0 unspecified atom stereocenters. The summed E-state index contributed by atoms with van der Waals surface area (Å²) in [5.41, 5.74) is 0.975. The van der Waals surface area contributed by atoms with Crippen molar-refractivity contribution in [2.45, 2.75) is 6.42 Å². The van der Waals surface area contributed by atoms with Crippen LogP contribution in [0, 0.1) is 0 Å². The van der Waals surface area contributed by atoms with Gasteiger partial charge in [-0.1, -0.05) is 36.4 Å². The van der Waals surface area contributed by atoms with Gasteiger partial charge in [0.05, 0.1) is 5.75 Å². The summed E-state index contributed by atoms with van der Waals surface area (Å²) in [6.45, 7) is 4.15. The summed E-state index contributed by atoms with van der Waals surface area (Å²) in [6, 6.07) is 12.7. The minimum absolute atomic E-state index is 0.00480. The van der Waals surface area contributed by atoms with E-state index in [2.05, 4.69) is 26.8 Å². The van der Waals surface area contributed by atoms with Crippen LogP contribution in [0.25, 0.3) is 0 Å². The third-order valence-electron chi connectivity index (χ3n) is 2.85. The van der Waals surface area contributed by atoms with Crippen LogP contribution in [-0.2, 0) is 16.4 Å². The Balaban J connectivity index is 1.92. The number of nitrogens with zero attached hydrogens (tertiary/aromatic N) is 2. The predicted octanol–water partition coefficient (Wildman–Crippen LogP) is 2.06. The minimum atomic E-state index is -3.45. The normalized spacial score (nSPS) is 10.9. The summed E-state index contributed by atoms with van der Waals surface area (Å²) < 4.78 is 26.5. The fourth-order valence-electron chi connectivity index (χ4n) is 1.76. The van der Waals surface area contributed by atoms with E-state index in [0.717, 1.165) is 5.56 Å². The highest BCUT2D eigenvalue weighted by atomic mass is 32.2. The number of hydrogen-bond donors (Lipinski definition) is 2. The van der Waals surface area contributed by atoms with Crippen molar-refractivity contribution < 1.29 is 8.42 Å². The van der Waals surface area contributed by atoms with E-state index in [1.165, 1.54) is 0 Å². The maximum Gasteiger partial charge on any atom is 0.234 e. The van der Waals surface area contributed by atoms with Gasteiger partial charge in [-0.15, -0.1) is 16.8 Å². The van der Waals surface area contributed by atoms with Crippen LogP contribution in [0.1, 0.15) is 5.56 Å². The molecule has 0 aliphatic carbocycles. The van der Waals surface area contributed by atoms with Crippen LogP contribution >= 0.6 is 0 Å². The molecule has 2 N–H and O–H groups in total. The Hall–Kier alpha value is -2.41. The highest BCUT2D eigenvalue weighted by Gasteiger charge is 2.11. The largest absolute Gasteiger partial charge is 0.365 e. The molecule has 0 saturated carbocycles. The van der Waals surface area contributed by atoms with Crippen molar-refractivity contribution in [3.63, 3.8) is 0 Å². The van der Waals surface area contributed by atoms with Gasteiger partial charge < -0.3 is 5.32 Å². The Labute approximate surface area is 130 Å². The summed E-state index contributed by atoms with van der Waals surface area (Å²) in [5.74, 6) is 0.763. The number of aromatic nitrogens is 2. The second kappa shape index (κ2) is 7.56. The van der Waals surface area contributed by atoms with Gasteiger partial charge in [0.1, 0.15) is 5.82 Å². The molecule has 1 aromatic carbocycles. The summed E-state index contributed by atoms with van der Waals surface area (Å²) in [4.78, 5) is 0. The number of rotatable bonds is 8. The standard InChI is InChI=1S/C15H18N4O2S/c1-2-11-16-14-8-9-15(18-17-14)19-22(20,21)12-10-13-6-4-3-5-7-13/h2-9H,1,10-12H2,(H,16,17)(H,18,19). The van der Waals surface area contributed by atoms with Crippen molar-refractivity contribution in [3.8, 4) is 0 Å². The maximum atomic E-state index is 12.0. The third-order valence-corrected chi connectivity index (χ3v) is 4.12. The fraction of sp³-hybridized carbons (Fsp3) is 0.200. The first kappa shape index (κ1) is 16.0. The van der Waals surface area contributed by atoms with Crippen LogP contribution in [0.5, 0.6) is 0 Å². The quantitative estimate of drug-likeness (QED) is 0.728. The molecule has 0 fully saturated rings. The van der Waals surface area contributed by atoms with Gasteiger partial charge in [-0.3, -0.25) is 4.72 Å². The Kier molecular flexibility index (Phi) is 5.48. The lowest BCUT2D eigenvalue weighted by Gasteiger charge is -2.07. The molecule has 7 heteroatoms. The lowest BCUT2D eigenvalue weighted by atomic mass is 10.2. The monoisotopic (exact) mass is 318 g/mol. The van der Waals surface area contributed by atoms with E-state index in [1.807, 2.05) is 30.3 Å². The number of nitrogens with one attached hydrogen (secondary N) is 2. The second-order valence-corrected chi connectivity index (χ2v) is 6.47. The smallest absolute Gasteiger partial charge is 0.234 e. The van der Waals surface area contributed by atoms with Gasteiger partial charge >= 0.3 is 0 Å². The van der Waals surface area contributed by atoms with Gasteiger partial charge in [0.25, 0.3) is 0 Å². The lowest BCUT2D eigenvalue weighted by molar-refractivity contribution is 0.600. The van der Waals surface area contributed by atoms with Crippen LogP contribution < -0.4 is 10.0 Å². The molecular formula is C15H18N4O2S. The van der Waals surface area contributed by atoms with Gasteiger partial charge in [-0.25, -0.2) is 8.42 Å².